The first kappa shape index (κ1) is 8.70. The van der Waals surface area contributed by atoms with Crippen molar-refractivity contribution in [2.24, 2.45) is 0 Å². The van der Waals surface area contributed by atoms with Crippen molar-refractivity contribution in [3.8, 4) is 0 Å². The molecule has 0 saturated carbocycles. The monoisotopic (exact) mass is 231 g/mol. The van der Waals surface area contributed by atoms with Crippen LogP contribution in [0.1, 0.15) is 5.56 Å². The van der Waals surface area contributed by atoms with Gasteiger partial charge in [-0.25, -0.2) is 0 Å². The van der Waals surface area contributed by atoms with E-state index in [1.54, 1.807) is 0 Å². The number of nitrogens with zero attached hydrogens (tertiary/aromatic N) is 2. The Bertz CT molecular complexity index is 947. The van der Waals surface area contributed by atoms with Gasteiger partial charge in [0, 0.05) is 17.0 Å². The molecule has 4 aromatic rings. The summed E-state index contributed by atoms with van der Waals surface area (Å²) in [6.45, 7) is 0.978. The van der Waals surface area contributed by atoms with Crippen molar-refractivity contribution >= 4 is 27.3 Å². The van der Waals surface area contributed by atoms with Gasteiger partial charge in [-0.1, -0.05) is 41.1 Å². The highest BCUT2D eigenvalue weighted by Gasteiger charge is 2.27. The van der Waals surface area contributed by atoms with Crippen molar-refractivity contribution in [2.75, 3.05) is 0 Å². The summed E-state index contributed by atoms with van der Waals surface area (Å²) in [7, 11) is 0. The molecule has 1 aliphatic heterocycles. The first-order valence-electron chi connectivity index (χ1n) is 6.27. The Labute approximate surface area is 104 Å². The summed E-state index contributed by atoms with van der Waals surface area (Å²) >= 11 is 0. The number of hydrogen-bond acceptors (Lipinski definition) is 0. The lowest BCUT2D eigenvalue weighted by molar-refractivity contribution is -0.721. The van der Waals surface area contributed by atoms with Crippen molar-refractivity contribution in [3.63, 3.8) is 0 Å². The van der Waals surface area contributed by atoms with Crippen LogP contribution in [0.15, 0.2) is 54.6 Å². The molecule has 18 heavy (non-hydrogen) atoms. The van der Waals surface area contributed by atoms with Gasteiger partial charge in [0.25, 0.3) is 0 Å². The molecule has 0 spiro atoms. The Morgan fingerprint density at radius 1 is 0.889 bits per heavy atom. The number of rotatable bonds is 0. The molecule has 0 fully saturated rings. The van der Waals surface area contributed by atoms with E-state index in [9.17, 15) is 0 Å². The van der Waals surface area contributed by atoms with Gasteiger partial charge in [-0.15, -0.1) is 4.52 Å². The van der Waals surface area contributed by atoms with Crippen LogP contribution >= 0.6 is 0 Å². The second kappa shape index (κ2) is 2.72. The van der Waals surface area contributed by atoms with Crippen LogP contribution in [0.25, 0.3) is 27.3 Å². The van der Waals surface area contributed by atoms with Crippen LogP contribution in [-0.4, -0.2) is 4.52 Å². The summed E-state index contributed by atoms with van der Waals surface area (Å²) in [6, 6.07) is 19.7. The molecule has 0 unspecified atom stereocenters. The molecule has 2 nitrogen and oxygen atoms in total. The zero-order valence-electron chi connectivity index (χ0n) is 9.80. The maximum Gasteiger partial charge on any atom is 0.240 e. The van der Waals surface area contributed by atoms with Crippen molar-refractivity contribution < 1.29 is 4.68 Å². The van der Waals surface area contributed by atoms with Crippen molar-refractivity contribution in [3.05, 3.63) is 60.2 Å². The van der Waals surface area contributed by atoms with Gasteiger partial charge in [-0.05, 0) is 12.1 Å². The van der Waals surface area contributed by atoms with Crippen LogP contribution < -0.4 is 4.68 Å². The predicted octanol–water partition coefficient (Wildman–Crippen LogP) is 2.89. The number of para-hydroxylation sites is 2. The minimum absolute atomic E-state index is 0.978. The van der Waals surface area contributed by atoms with E-state index in [4.69, 9.17) is 0 Å². The van der Waals surface area contributed by atoms with Crippen LogP contribution in [0.2, 0.25) is 0 Å². The molecule has 0 N–H and O–H groups in total. The highest BCUT2D eigenvalue weighted by Crippen LogP contribution is 2.28. The molecule has 2 aromatic carbocycles. The van der Waals surface area contributed by atoms with E-state index in [0.717, 1.165) is 6.54 Å². The fourth-order valence-corrected chi connectivity index (χ4v) is 3.29. The number of pyridine rings is 1. The molecular weight excluding hydrogens is 220 g/mol. The van der Waals surface area contributed by atoms with Gasteiger partial charge >= 0.3 is 0 Å². The van der Waals surface area contributed by atoms with Gasteiger partial charge < -0.3 is 0 Å². The molecule has 5 rings (SSSR count). The van der Waals surface area contributed by atoms with E-state index in [0.29, 0.717) is 0 Å². The molecule has 84 valence electrons. The van der Waals surface area contributed by atoms with E-state index in [1.165, 1.54) is 32.9 Å². The zero-order valence-corrected chi connectivity index (χ0v) is 9.80. The molecule has 0 bridgehead atoms. The second-order valence-corrected chi connectivity index (χ2v) is 4.96. The van der Waals surface area contributed by atoms with Crippen LogP contribution in [0.3, 0.4) is 0 Å². The molecule has 1 aliphatic rings. The van der Waals surface area contributed by atoms with E-state index < -0.39 is 0 Å². The summed E-state index contributed by atoms with van der Waals surface area (Å²) in [4.78, 5) is 0. The lowest BCUT2D eigenvalue weighted by Gasteiger charge is -1.96. The molecule has 0 atom stereocenters. The normalized spacial score (nSPS) is 13.3. The van der Waals surface area contributed by atoms with Crippen molar-refractivity contribution in [1.82, 2.24) is 4.52 Å². The summed E-state index contributed by atoms with van der Waals surface area (Å²) in [5, 5.41) is 2.67. The summed E-state index contributed by atoms with van der Waals surface area (Å²) < 4.78 is 4.75. The van der Waals surface area contributed by atoms with Gasteiger partial charge in [-0.3, -0.25) is 0 Å². The van der Waals surface area contributed by atoms with Gasteiger partial charge in [0.15, 0.2) is 0 Å². The molecule has 2 aromatic heterocycles. The Morgan fingerprint density at radius 2 is 1.83 bits per heavy atom. The molecule has 0 saturated heterocycles. The maximum atomic E-state index is 2.38. The molecule has 3 heterocycles. The molecular formula is C16H11N2+. The minimum Gasteiger partial charge on any atom is -0.119 e. The standard InChI is InChI=1S/C16H11N2/c1-2-7-14-13(6-1)15-9-8-11-4-3-5-12-10-17(14)18(15)16(11)12/h1-9H,10H2/q+1. The first-order chi connectivity index (χ1) is 8.93. The maximum absolute atomic E-state index is 2.38. The average Bonchev–Trinajstić information content (AvgIpc) is 2.94. The Hall–Kier alpha value is -2.35. The minimum atomic E-state index is 0.978. The molecule has 2 heteroatoms. The van der Waals surface area contributed by atoms with Gasteiger partial charge in [0.05, 0.1) is 5.39 Å². The van der Waals surface area contributed by atoms with E-state index in [1.807, 2.05) is 0 Å². The fourth-order valence-electron chi connectivity index (χ4n) is 3.29. The van der Waals surface area contributed by atoms with Crippen molar-refractivity contribution in [1.29, 1.82) is 0 Å². The highest BCUT2D eigenvalue weighted by atomic mass is 15.4. The van der Waals surface area contributed by atoms with E-state index >= 15 is 0 Å². The summed E-state index contributed by atoms with van der Waals surface area (Å²) in [5.74, 6) is 0. The Balaban J connectivity index is 2.22. The number of fused-ring (bicyclic) bond motifs is 3. The largest absolute Gasteiger partial charge is 0.240 e. The lowest BCUT2D eigenvalue weighted by Crippen LogP contribution is -2.36. The molecule has 0 aliphatic carbocycles. The topological polar surface area (TPSA) is 8.29 Å². The second-order valence-electron chi connectivity index (χ2n) is 4.96. The highest BCUT2D eigenvalue weighted by molar-refractivity contribution is 5.97. The van der Waals surface area contributed by atoms with Crippen molar-refractivity contribution in [2.45, 2.75) is 6.54 Å². The summed E-state index contributed by atoms with van der Waals surface area (Å²) in [6.07, 6.45) is 0. The number of aromatic nitrogens is 2. The van der Waals surface area contributed by atoms with E-state index in [2.05, 4.69) is 63.8 Å². The SMILES string of the molecule is c1cc2c3c(c1)ccc1c4ccccc4[n+](n13)C2. The predicted molar refractivity (Wildman–Crippen MR) is 71.7 cm³/mol. The summed E-state index contributed by atoms with van der Waals surface area (Å²) in [5.41, 5.74) is 5.42. The molecule has 0 radical (unpaired) electrons. The van der Waals surface area contributed by atoms with Crippen LogP contribution in [0.4, 0.5) is 0 Å². The van der Waals surface area contributed by atoms with Crippen LogP contribution in [0.5, 0.6) is 0 Å². The van der Waals surface area contributed by atoms with Gasteiger partial charge in [0.1, 0.15) is 11.0 Å². The molecule has 0 amide bonds. The van der Waals surface area contributed by atoms with E-state index in [-0.39, 0.29) is 0 Å². The Morgan fingerprint density at radius 3 is 2.83 bits per heavy atom. The quantitative estimate of drug-likeness (QED) is 0.362. The van der Waals surface area contributed by atoms with Gasteiger partial charge in [0.2, 0.25) is 12.1 Å². The fraction of sp³-hybridized carbons (Fsp3) is 0.0625. The van der Waals surface area contributed by atoms with Gasteiger partial charge in [-0.2, -0.15) is 0 Å². The average molecular weight is 231 g/mol. The first-order valence-corrected chi connectivity index (χ1v) is 6.27. The number of benzene rings is 2. The third-order valence-electron chi connectivity index (χ3n) is 4.03. The zero-order chi connectivity index (χ0) is 11.7. The third kappa shape index (κ3) is 0.819. The Kier molecular flexibility index (Phi) is 1.32. The lowest BCUT2D eigenvalue weighted by atomic mass is 10.1. The number of hydrogen-bond donors (Lipinski definition) is 0. The van der Waals surface area contributed by atoms with Crippen LogP contribution in [-0.2, 0) is 6.54 Å². The third-order valence-corrected chi connectivity index (χ3v) is 4.03. The smallest absolute Gasteiger partial charge is 0.119 e. The van der Waals surface area contributed by atoms with Crippen LogP contribution in [0, 0.1) is 0 Å².